The van der Waals surface area contributed by atoms with Crippen molar-refractivity contribution in [2.45, 2.75) is 77.8 Å². The predicted molar refractivity (Wildman–Crippen MR) is 181 cm³/mol. The van der Waals surface area contributed by atoms with Crippen LogP contribution < -0.4 is 0 Å². The van der Waals surface area contributed by atoms with Gasteiger partial charge in [-0.1, -0.05) is 0 Å². The van der Waals surface area contributed by atoms with Gasteiger partial charge in [-0.25, -0.2) is 19.2 Å². The Kier molecular flexibility index (Phi) is 27.0. The van der Waals surface area contributed by atoms with Gasteiger partial charge < -0.3 is 68.5 Å². The molecule has 0 heterocycles. The van der Waals surface area contributed by atoms with Gasteiger partial charge in [0, 0.05) is 38.9 Å². The molecule has 4 atom stereocenters. The Morgan fingerprint density at radius 1 is 0.481 bits per heavy atom. The van der Waals surface area contributed by atoms with Crippen molar-refractivity contribution in [1.29, 1.82) is 0 Å². The van der Waals surface area contributed by atoms with Gasteiger partial charge in [0.2, 0.25) is 0 Å². The molecule has 0 aliphatic heterocycles. The summed E-state index contributed by atoms with van der Waals surface area (Å²) in [6.45, 7) is 4.65. The van der Waals surface area contributed by atoms with Gasteiger partial charge in [0.15, 0.2) is 23.0 Å². The van der Waals surface area contributed by atoms with E-state index in [0.717, 1.165) is 6.08 Å². The molecule has 0 aromatic carbocycles. The van der Waals surface area contributed by atoms with Crippen LogP contribution in [0.5, 0.6) is 0 Å². The van der Waals surface area contributed by atoms with Gasteiger partial charge in [-0.3, -0.25) is 0 Å². The van der Waals surface area contributed by atoms with Crippen molar-refractivity contribution >= 4 is 23.9 Å². The molecule has 18 heteroatoms. The normalized spacial score (nSPS) is 15.0. The van der Waals surface area contributed by atoms with Gasteiger partial charge in [-0.2, -0.15) is 0 Å². The third kappa shape index (κ3) is 21.2. The first-order valence-electron chi connectivity index (χ1n) is 16.7. The number of carbonyl (C=O) groups excluding carboxylic acids is 4. The second-order valence-electron chi connectivity index (χ2n) is 10.6. The van der Waals surface area contributed by atoms with Crippen LogP contribution in [0, 0.1) is 0 Å². The molecule has 0 aliphatic rings. The van der Waals surface area contributed by atoms with Crippen LogP contribution >= 0.6 is 0 Å². The summed E-state index contributed by atoms with van der Waals surface area (Å²) in [5.74, 6) is -5.89. The first-order valence-corrected chi connectivity index (χ1v) is 16.7. The maximum atomic E-state index is 11.7. The summed E-state index contributed by atoms with van der Waals surface area (Å²) in [7, 11) is 0. The lowest BCUT2D eigenvalue weighted by atomic mass is 10.0. The van der Waals surface area contributed by atoms with Crippen molar-refractivity contribution in [3.05, 3.63) is 47.3 Å². The zero-order chi connectivity index (χ0) is 39.3. The zero-order valence-corrected chi connectivity index (χ0v) is 30.1. The van der Waals surface area contributed by atoms with Crippen LogP contribution in [-0.2, 0) is 57.1 Å². The maximum Gasteiger partial charge on any atom is 0.373 e. The highest BCUT2D eigenvalue weighted by Crippen LogP contribution is 2.15. The van der Waals surface area contributed by atoms with Gasteiger partial charge in [0.1, 0.15) is 24.4 Å². The third-order valence-electron chi connectivity index (χ3n) is 6.62. The minimum atomic E-state index is -1.56. The molecule has 0 saturated carbocycles. The van der Waals surface area contributed by atoms with Crippen LogP contribution in [-0.4, -0.2) is 145 Å². The molecule has 6 N–H and O–H groups in total. The quantitative estimate of drug-likeness (QED) is 0.0210. The summed E-state index contributed by atoms with van der Waals surface area (Å²) >= 11 is 0. The van der Waals surface area contributed by atoms with Crippen LogP contribution in [0.15, 0.2) is 47.3 Å². The molecule has 0 aliphatic carbocycles. The summed E-state index contributed by atoms with van der Waals surface area (Å²) < 4.78 is 42.4. The molecular weight excluding hydrogens is 696 g/mol. The topological polar surface area (TPSA) is 263 Å². The van der Waals surface area contributed by atoms with E-state index >= 15 is 0 Å². The van der Waals surface area contributed by atoms with Crippen LogP contribution in [0.25, 0.3) is 0 Å². The Labute approximate surface area is 302 Å². The lowest BCUT2D eigenvalue weighted by molar-refractivity contribution is -0.172. The van der Waals surface area contributed by atoms with Crippen molar-refractivity contribution in [3.8, 4) is 0 Å². The van der Waals surface area contributed by atoms with E-state index in [4.69, 9.17) is 37.9 Å². The minimum absolute atomic E-state index is 0.0229. The van der Waals surface area contributed by atoms with E-state index in [9.17, 15) is 49.8 Å². The molecule has 298 valence electrons. The number of esters is 4. The highest BCUT2D eigenvalue weighted by molar-refractivity contribution is 5.86. The minimum Gasteiger partial charge on any atom is -0.502 e. The Balaban J connectivity index is 5.54. The van der Waals surface area contributed by atoms with Crippen molar-refractivity contribution in [1.82, 2.24) is 0 Å². The molecule has 52 heavy (non-hydrogen) atoms. The first-order chi connectivity index (χ1) is 24.8. The fraction of sp³-hybridized carbons (Fsp3) is 0.647. The molecule has 0 fully saturated rings. The predicted octanol–water partition coefficient (Wildman–Crippen LogP) is 2.09. The average Bonchev–Trinajstić information content (AvgIpc) is 3.15. The monoisotopic (exact) mass is 750 g/mol. The van der Waals surface area contributed by atoms with Crippen LogP contribution in [0.4, 0.5) is 0 Å². The van der Waals surface area contributed by atoms with E-state index < -0.39 is 71.3 Å². The number of rotatable bonds is 29. The van der Waals surface area contributed by atoms with Gasteiger partial charge in [-0.05, 0) is 52.0 Å². The highest BCUT2D eigenvalue weighted by Gasteiger charge is 2.35. The van der Waals surface area contributed by atoms with Crippen LogP contribution in [0.3, 0.4) is 0 Å². The standard InChI is InChI=1S/C34H54O18/c1-5-23(35)31(41)49-17-9-13-45-21-27(39)30(48-16-12-20-52-34(44)26(38)8-4)29(40)28(47-15-11-19-51-33(43)25(37)7-3)22-46-14-10-18-50-32(42)24(36)6-2/h5-8,27-30,35-40H,9-22H2,1-4H3. The van der Waals surface area contributed by atoms with Crippen LogP contribution in [0.2, 0.25) is 0 Å². The Morgan fingerprint density at radius 3 is 1.17 bits per heavy atom. The highest BCUT2D eigenvalue weighted by atomic mass is 16.6. The van der Waals surface area contributed by atoms with Gasteiger partial charge >= 0.3 is 23.9 Å². The van der Waals surface area contributed by atoms with E-state index in [-0.39, 0.29) is 91.8 Å². The van der Waals surface area contributed by atoms with E-state index in [1.54, 1.807) is 0 Å². The van der Waals surface area contributed by atoms with Crippen molar-refractivity contribution in [2.24, 2.45) is 0 Å². The second-order valence-corrected chi connectivity index (χ2v) is 10.6. The molecular formula is C34H54O18. The van der Waals surface area contributed by atoms with E-state index in [1.807, 2.05) is 0 Å². The summed E-state index contributed by atoms with van der Waals surface area (Å²) in [5.41, 5.74) is 0. The smallest absolute Gasteiger partial charge is 0.373 e. The van der Waals surface area contributed by atoms with Gasteiger partial charge in [0.05, 0.1) is 52.9 Å². The summed E-state index contributed by atoms with van der Waals surface area (Å²) in [6.07, 6.45) is -0.117. The summed E-state index contributed by atoms with van der Waals surface area (Å²) in [5, 5.41) is 60.1. The third-order valence-corrected chi connectivity index (χ3v) is 6.62. The van der Waals surface area contributed by atoms with Crippen LogP contribution in [0.1, 0.15) is 53.4 Å². The number of carbonyl (C=O) groups is 4. The van der Waals surface area contributed by atoms with E-state index in [2.05, 4.69) is 0 Å². The molecule has 0 saturated heterocycles. The first kappa shape index (κ1) is 47.8. The molecule has 0 spiro atoms. The Hall–Kier alpha value is -4.20. The number of ether oxygens (including phenoxy) is 8. The molecule has 4 unspecified atom stereocenters. The molecule has 0 bridgehead atoms. The number of allylic oxidation sites excluding steroid dienone is 4. The van der Waals surface area contributed by atoms with Crippen molar-refractivity contribution < 1.29 is 87.7 Å². The number of hydrogen-bond donors (Lipinski definition) is 6. The molecule has 0 rings (SSSR count). The fourth-order valence-corrected chi connectivity index (χ4v) is 3.71. The number of hydrogen-bond acceptors (Lipinski definition) is 18. The van der Waals surface area contributed by atoms with Gasteiger partial charge in [-0.15, -0.1) is 0 Å². The summed E-state index contributed by atoms with van der Waals surface area (Å²) in [6, 6.07) is 0. The average molecular weight is 751 g/mol. The van der Waals surface area contributed by atoms with E-state index in [1.165, 1.54) is 45.9 Å². The van der Waals surface area contributed by atoms with E-state index in [0.29, 0.717) is 0 Å². The molecule has 0 amide bonds. The SMILES string of the molecule is CC=C(O)C(=O)OCCCOCC(O)C(OCCCOC(=O)C(O)=CC)C(O)C(COCCCOC(=O)C(O)=CC)OCCCOC(=O)C(O)=CC. The zero-order valence-electron chi connectivity index (χ0n) is 30.1. The number of aliphatic hydroxyl groups excluding tert-OH is 6. The number of aliphatic hydroxyl groups is 6. The maximum absolute atomic E-state index is 11.7. The van der Waals surface area contributed by atoms with Crippen molar-refractivity contribution in [2.75, 3.05) is 66.1 Å². The van der Waals surface area contributed by atoms with Gasteiger partial charge in [0.25, 0.3) is 0 Å². The molecule has 0 aromatic heterocycles. The lowest BCUT2D eigenvalue weighted by Crippen LogP contribution is -2.50. The molecule has 18 nitrogen and oxygen atoms in total. The van der Waals surface area contributed by atoms with Crippen molar-refractivity contribution in [3.63, 3.8) is 0 Å². The lowest BCUT2D eigenvalue weighted by Gasteiger charge is -2.32. The molecule has 0 radical (unpaired) electrons. The largest absolute Gasteiger partial charge is 0.502 e. The fourth-order valence-electron chi connectivity index (χ4n) is 3.71. The Morgan fingerprint density at radius 2 is 0.808 bits per heavy atom. The second kappa shape index (κ2) is 29.4. The molecule has 0 aromatic rings. The Bertz CT molecular complexity index is 1180. The summed E-state index contributed by atoms with van der Waals surface area (Å²) in [4.78, 5) is 46.5.